The van der Waals surface area contributed by atoms with E-state index in [-0.39, 0.29) is 18.4 Å². The minimum atomic E-state index is -0.284. The van der Waals surface area contributed by atoms with Gasteiger partial charge in [-0.05, 0) is 50.1 Å². The van der Waals surface area contributed by atoms with Crippen molar-refractivity contribution in [3.05, 3.63) is 78.1 Å². The summed E-state index contributed by atoms with van der Waals surface area (Å²) < 4.78 is 14.5. The van der Waals surface area contributed by atoms with E-state index in [2.05, 4.69) is 23.8 Å². The van der Waals surface area contributed by atoms with E-state index >= 15 is 0 Å². The molecule has 0 fully saturated rings. The molecule has 0 radical (unpaired) electrons. The number of rotatable bonds is 8. The molecule has 1 unspecified atom stereocenters. The van der Waals surface area contributed by atoms with E-state index in [1.54, 1.807) is 0 Å². The lowest BCUT2D eigenvalue weighted by atomic mass is 10.1. The van der Waals surface area contributed by atoms with E-state index in [4.69, 9.17) is 9.15 Å². The molecule has 1 atom stereocenters. The van der Waals surface area contributed by atoms with Gasteiger partial charge in [0.2, 0.25) is 0 Å². The standard InChI is InChI=1S/C22H23NO3S/c1-3-25-22(24)15-19(23-27-18-11-9-16(2)10-12-18)21-14-13-20(26-21)17-7-5-4-6-8-17/h4-14,19,23H,3,15H2,1-2H3. The fourth-order valence-electron chi connectivity index (χ4n) is 2.63. The highest BCUT2D eigenvalue weighted by molar-refractivity contribution is 7.97. The Morgan fingerprint density at radius 1 is 1.07 bits per heavy atom. The normalized spacial score (nSPS) is 11.9. The summed E-state index contributed by atoms with van der Waals surface area (Å²) in [5, 5.41) is 0. The number of ether oxygens (including phenoxy) is 1. The van der Waals surface area contributed by atoms with Crippen LogP contribution in [0.5, 0.6) is 0 Å². The SMILES string of the molecule is CCOC(=O)CC(NSc1ccc(C)cc1)c1ccc(-c2ccccc2)o1. The molecule has 0 saturated carbocycles. The Morgan fingerprint density at radius 2 is 1.81 bits per heavy atom. The van der Waals surface area contributed by atoms with Crippen molar-refractivity contribution < 1.29 is 13.9 Å². The molecule has 1 heterocycles. The van der Waals surface area contributed by atoms with Gasteiger partial charge in [-0.2, -0.15) is 0 Å². The van der Waals surface area contributed by atoms with Crippen molar-refractivity contribution in [2.24, 2.45) is 0 Å². The maximum atomic E-state index is 12.0. The smallest absolute Gasteiger partial charge is 0.307 e. The molecule has 4 nitrogen and oxygen atoms in total. The van der Waals surface area contributed by atoms with Gasteiger partial charge in [0, 0.05) is 10.5 Å². The van der Waals surface area contributed by atoms with Gasteiger partial charge in [-0.1, -0.05) is 48.0 Å². The molecule has 3 aromatic rings. The number of hydrogen-bond donors (Lipinski definition) is 1. The quantitative estimate of drug-likeness (QED) is 0.410. The number of carbonyl (C=O) groups is 1. The van der Waals surface area contributed by atoms with Gasteiger partial charge in [0.05, 0.1) is 19.1 Å². The first-order valence-electron chi connectivity index (χ1n) is 8.95. The number of furan rings is 1. The van der Waals surface area contributed by atoms with Crippen LogP contribution < -0.4 is 4.72 Å². The number of hydrogen-bond acceptors (Lipinski definition) is 5. The van der Waals surface area contributed by atoms with Crippen LogP contribution in [0.2, 0.25) is 0 Å². The average Bonchev–Trinajstić information content (AvgIpc) is 3.17. The molecule has 2 aromatic carbocycles. The predicted molar refractivity (Wildman–Crippen MR) is 108 cm³/mol. The van der Waals surface area contributed by atoms with Crippen molar-refractivity contribution in [3.63, 3.8) is 0 Å². The predicted octanol–water partition coefficient (Wildman–Crippen LogP) is 5.55. The summed E-state index contributed by atoms with van der Waals surface area (Å²) in [4.78, 5) is 13.1. The van der Waals surface area contributed by atoms with Gasteiger partial charge in [-0.15, -0.1) is 0 Å². The highest BCUT2D eigenvalue weighted by Crippen LogP contribution is 2.29. The van der Waals surface area contributed by atoms with Crippen LogP contribution in [0, 0.1) is 6.92 Å². The fourth-order valence-corrected chi connectivity index (χ4v) is 3.38. The Labute approximate surface area is 164 Å². The van der Waals surface area contributed by atoms with Gasteiger partial charge in [0.15, 0.2) is 0 Å². The molecule has 0 spiro atoms. The second-order valence-corrected chi connectivity index (χ2v) is 7.07. The maximum Gasteiger partial charge on any atom is 0.307 e. The number of nitrogens with one attached hydrogen (secondary N) is 1. The second kappa shape index (κ2) is 9.44. The summed E-state index contributed by atoms with van der Waals surface area (Å²) in [5.74, 6) is 1.24. The van der Waals surface area contributed by atoms with Gasteiger partial charge in [0.1, 0.15) is 11.5 Å². The van der Waals surface area contributed by atoms with Crippen LogP contribution in [-0.2, 0) is 9.53 Å². The zero-order valence-corrected chi connectivity index (χ0v) is 16.3. The number of aryl methyl sites for hydroxylation is 1. The lowest BCUT2D eigenvalue weighted by Gasteiger charge is -2.15. The molecule has 5 heteroatoms. The summed E-state index contributed by atoms with van der Waals surface area (Å²) in [6.45, 7) is 4.23. The molecule has 0 aliphatic rings. The highest BCUT2D eigenvalue weighted by atomic mass is 32.2. The molecule has 27 heavy (non-hydrogen) atoms. The molecule has 1 aromatic heterocycles. The van der Waals surface area contributed by atoms with E-state index in [0.717, 1.165) is 16.2 Å². The molecular weight excluding hydrogens is 358 g/mol. The van der Waals surface area contributed by atoms with Gasteiger partial charge in [-0.3, -0.25) is 4.79 Å². The summed E-state index contributed by atoms with van der Waals surface area (Å²) in [7, 11) is 0. The zero-order valence-electron chi connectivity index (χ0n) is 15.5. The first-order chi connectivity index (χ1) is 13.2. The van der Waals surface area contributed by atoms with Gasteiger partial charge >= 0.3 is 5.97 Å². The van der Waals surface area contributed by atoms with Crippen LogP contribution in [0.4, 0.5) is 0 Å². The lowest BCUT2D eigenvalue weighted by Crippen LogP contribution is -2.19. The molecule has 0 saturated heterocycles. The molecule has 0 aliphatic carbocycles. The minimum absolute atomic E-state index is 0.203. The Balaban J connectivity index is 1.75. The van der Waals surface area contributed by atoms with Crippen LogP contribution in [0.3, 0.4) is 0 Å². The molecular formula is C22H23NO3S. The number of carbonyl (C=O) groups excluding carboxylic acids is 1. The monoisotopic (exact) mass is 381 g/mol. The van der Waals surface area contributed by atoms with Crippen LogP contribution >= 0.6 is 11.9 Å². The van der Waals surface area contributed by atoms with E-state index in [9.17, 15) is 4.79 Å². The summed E-state index contributed by atoms with van der Waals surface area (Å²) in [6, 6.07) is 21.7. The molecule has 0 aliphatic heterocycles. The molecule has 140 valence electrons. The third kappa shape index (κ3) is 5.49. The van der Waals surface area contributed by atoms with Crippen molar-refractivity contribution in [1.82, 2.24) is 4.72 Å². The minimum Gasteiger partial charge on any atom is -0.466 e. The Hall–Kier alpha value is -2.50. The molecule has 0 amide bonds. The Morgan fingerprint density at radius 3 is 2.52 bits per heavy atom. The van der Waals surface area contributed by atoms with Crippen LogP contribution in [0.25, 0.3) is 11.3 Å². The largest absolute Gasteiger partial charge is 0.466 e. The van der Waals surface area contributed by atoms with Crippen molar-refractivity contribution in [2.75, 3.05) is 6.61 Å². The van der Waals surface area contributed by atoms with E-state index in [1.807, 2.05) is 61.5 Å². The summed E-state index contributed by atoms with van der Waals surface area (Å²) in [5.41, 5.74) is 2.21. The molecule has 3 rings (SSSR count). The lowest BCUT2D eigenvalue weighted by molar-refractivity contribution is -0.143. The number of esters is 1. The van der Waals surface area contributed by atoms with Crippen molar-refractivity contribution in [2.45, 2.75) is 31.2 Å². The van der Waals surface area contributed by atoms with Gasteiger partial charge in [-0.25, -0.2) is 4.72 Å². The molecule has 1 N–H and O–H groups in total. The molecule has 0 bridgehead atoms. The average molecular weight is 381 g/mol. The first kappa shape index (κ1) is 19.3. The Kier molecular flexibility index (Phi) is 6.74. The number of benzene rings is 2. The van der Waals surface area contributed by atoms with E-state index in [0.29, 0.717) is 12.4 Å². The third-order valence-electron chi connectivity index (χ3n) is 4.04. The highest BCUT2D eigenvalue weighted by Gasteiger charge is 2.21. The van der Waals surface area contributed by atoms with Crippen molar-refractivity contribution in [3.8, 4) is 11.3 Å². The van der Waals surface area contributed by atoms with E-state index in [1.165, 1.54) is 17.5 Å². The third-order valence-corrected chi connectivity index (χ3v) is 4.95. The second-order valence-electron chi connectivity index (χ2n) is 6.16. The Bertz CT molecular complexity index is 859. The van der Waals surface area contributed by atoms with Crippen molar-refractivity contribution in [1.29, 1.82) is 0 Å². The van der Waals surface area contributed by atoms with Gasteiger partial charge in [0.25, 0.3) is 0 Å². The summed E-state index contributed by atoms with van der Waals surface area (Å²) >= 11 is 1.48. The van der Waals surface area contributed by atoms with Crippen LogP contribution in [0.15, 0.2) is 76.0 Å². The van der Waals surface area contributed by atoms with E-state index < -0.39 is 0 Å². The summed E-state index contributed by atoms with van der Waals surface area (Å²) in [6.07, 6.45) is 0.203. The van der Waals surface area contributed by atoms with Crippen molar-refractivity contribution >= 4 is 17.9 Å². The van der Waals surface area contributed by atoms with Crippen LogP contribution in [0.1, 0.15) is 30.7 Å². The maximum absolute atomic E-state index is 12.0. The van der Waals surface area contributed by atoms with Gasteiger partial charge < -0.3 is 9.15 Å². The van der Waals surface area contributed by atoms with Crippen LogP contribution in [-0.4, -0.2) is 12.6 Å². The first-order valence-corrected chi connectivity index (χ1v) is 9.77. The topological polar surface area (TPSA) is 51.5 Å². The zero-order chi connectivity index (χ0) is 19.1. The fraction of sp³-hybridized carbons (Fsp3) is 0.227.